The van der Waals surface area contributed by atoms with E-state index in [0.717, 1.165) is 24.8 Å². The van der Waals surface area contributed by atoms with Crippen molar-refractivity contribution in [3.05, 3.63) is 29.6 Å². The number of halogens is 1. The first-order valence-electron chi connectivity index (χ1n) is 5.79. The maximum Gasteiger partial charge on any atom is 0.127 e. The predicted molar refractivity (Wildman–Crippen MR) is 62.2 cm³/mol. The van der Waals surface area contributed by atoms with Crippen molar-refractivity contribution < 1.29 is 14.2 Å². The lowest BCUT2D eigenvalue weighted by Gasteiger charge is -2.07. The standard InChI is InChI=1S/C13H19FO2/c1-2-3-4-7-16-13-9-11(5-6-15)8-12(14)10-13/h8-10,15H,2-7H2,1H3. The quantitative estimate of drug-likeness (QED) is 0.724. The van der Waals surface area contributed by atoms with Gasteiger partial charge in [-0.05, 0) is 30.5 Å². The molecule has 0 saturated carbocycles. The lowest BCUT2D eigenvalue weighted by Crippen LogP contribution is -1.99. The summed E-state index contributed by atoms with van der Waals surface area (Å²) >= 11 is 0. The Balaban J connectivity index is 2.51. The lowest BCUT2D eigenvalue weighted by atomic mass is 10.1. The van der Waals surface area contributed by atoms with Gasteiger partial charge in [-0.2, -0.15) is 0 Å². The summed E-state index contributed by atoms with van der Waals surface area (Å²) in [6.45, 7) is 2.77. The van der Waals surface area contributed by atoms with Crippen LogP contribution in [-0.2, 0) is 6.42 Å². The van der Waals surface area contributed by atoms with Crippen LogP contribution in [0.25, 0.3) is 0 Å². The molecule has 0 bridgehead atoms. The van der Waals surface area contributed by atoms with Crippen LogP contribution < -0.4 is 4.74 Å². The molecule has 0 fully saturated rings. The van der Waals surface area contributed by atoms with E-state index in [-0.39, 0.29) is 12.4 Å². The van der Waals surface area contributed by atoms with Crippen molar-refractivity contribution in [1.82, 2.24) is 0 Å². The molecule has 1 N–H and O–H groups in total. The smallest absolute Gasteiger partial charge is 0.127 e. The van der Waals surface area contributed by atoms with Crippen molar-refractivity contribution in [2.24, 2.45) is 0 Å². The Morgan fingerprint density at radius 1 is 1.25 bits per heavy atom. The van der Waals surface area contributed by atoms with Crippen molar-refractivity contribution in [3.8, 4) is 5.75 Å². The van der Waals surface area contributed by atoms with Crippen molar-refractivity contribution in [2.75, 3.05) is 13.2 Å². The van der Waals surface area contributed by atoms with Gasteiger partial charge in [0.2, 0.25) is 0 Å². The maximum absolute atomic E-state index is 13.2. The summed E-state index contributed by atoms with van der Waals surface area (Å²) in [6.07, 6.45) is 3.71. The summed E-state index contributed by atoms with van der Waals surface area (Å²) in [4.78, 5) is 0. The maximum atomic E-state index is 13.2. The Kier molecular flexibility index (Phi) is 5.86. The lowest BCUT2D eigenvalue weighted by molar-refractivity contribution is 0.296. The number of unbranched alkanes of at least 4 members (excludes halogenated alkanes) is 2. The largest absolute Gasteiger partial charge is 0.493 e. The van der Waals surface area contributed by atoms with Crippen LogP contribution in [0.5, 0.6) is 5.75 Å². The topological polar surface area (TPSA) is 29.5 Å². The average Bonchev–Trinajstić information content (AvgIpc) is 2.24. The van der Waals surface area contributed by atoms with E-state index in [9.17, 15) is 4.39 Å². The van der Waals surface area contributed by atoms with Crippen LogP contribution in [0, 0.1) is 5.82 Å². The third-order valence-electron chi connectivity index (χ3n) is 2.35. The number of hydrogen-bond donors (Lipinski definition) is 1. The van der Waals surface area contributed by atoms with Crippen LogP contribution in [0.2, 0.25) is 0 Å². The number of rotatable bonds is 7. The van der Waals surface area contributed by atoms with E-state index in [1.165, 1.54) is 12.1 Å². The predicted octanol–water partition coefficient (Wildman–Crippen LogP) is 2.93. The molecule has 0 atom stereocenters. The molecule has 90 valence electrons. The Labute approximate surface area is 96.1 Å². The molecule has 0 unspecified atom stereocenters. The minimum Gasteiger partial charge on any atom is -0.493 e. The molecule has 1 aromatic rings. The molecule has 0 amide bonds. The zero-order chi connectivity index (χ0) is 11.8. The Hall–Kier alpha value is -1.09. The molecule has 1 rings (SSSR count). The van der Waals surface area contributed by atoms with Crippen molar-refractivity contribution >= 4 is 0 Å². The number of benzene rings is 1. The van der Waals surface area contributed by atoms with Gasteiger partial charge in [0.1, 0.15) is 11.6 Å². The van der Waals surface area contributed by atoms with Gasteiger partial charge in [0.05, 0.1) is 6.61 Å². The molecule has 0 saturated heterocycles. The molecule has 16 heavy (non-hydrogen) atoms. The van der Waals surface area contributed by atoms with E-state index in [0.29, 0.717) is 18.8 Å². The molecule has 0 aliphatic carbocycles. The van der Waals surface area contributed by atoms with Crippen LogP contribution in [0.15, 0.2) is 18.2 Å². The van der Waals surface area contributed by atoms with Crippen molar-refractivity contribution in [3.63, 3.8) is 0 Å². The summed E-state index contributed by atoms with van der Waals surface area (Å²) in [5.74, 6) is 0.246. The summed E-state index contributed by atoms with van der Waals surface area (Å²) in [6, 6.07) is 4.59. The summed E-state index contributed by atoms with van der Waals surface area (Å²) in [5, 5.41) is 8.78. The van der Waals surface area contributed by atoms with Gasteiger partial charge in [-0.15, -0.1) is 0 Å². The number of aliphatic hydroxyl groups is 1. The van der Waals surface area contributed by atoms with Crippen LogP contribution in [0.4, 0.5) is 4.39 Å². The van der Waals surface area contributed by atoms with Gasteiger partial charge < -0.3 is 9.84 Å². The first kappa shape index (κ1) is 13.0. The molecular formula is C13H19FO2. The second-order valence-corrected chi connectivity index (χ2v) is 3.82. The summed E-state index contributed by atoms with van der Waals surface area (Å²) < 4.78 is 18.6. The fourth-order valence-corrected chi connectivity index (χ4v) is 1.52. The van der Waals surface area contributed by atoms with Gasteiger partial charge in [0, 0.05) is 12.7 Å². The zero-order valence-corrected chi connectivity index (χ0v) is 9.71. The first-order valence-corrected chi connectivity index (χ1v) is 5.79. The zero-order valence-electron chi connectivity index (χ0n) is 9.71. The highest BCUT2D eigenvalue weighted by Gasteiger charge is 2.01. The highest BCUT2D eigenvalue weighted by molar-refractivity contribution is 5.29. The second-order valence-electron chi connectivity index (χ2n) is 3.82. The van der Waals surface area contributed by atoms with Gasteiger partial charge in [-0.1, -0.05) is 19.8 Å². The van der Waals surface area contributed by atoms with E-state index in [2.05, 4.69) is 6.92 Å². The molecule has 0 spiro atoms. The number of aliphatic hydroxyl groups excluding tert-OH is 1. The molecule has 0 heterocycles. The first-order chi connectivity index (χ1) is 7.76. The third kappa shape index (κ3) is 4.62. The second kappa shape index (κ2) is 7.23. The highest BCUT2D eigenvalue weighted by atomic mass is 19.1. The molecule has 3 heteroatoms. The summed E-state index contributed by atoms with van der Waals surface area (Å²) in [7, 11) is 0. The van der Waals surface area contributed by atoms with E-state index in [4.69, 9.17) is 9.84 Å². The van der Waals surface area contributed by atoms with Crippen LogP contribution in [-0.4, -0.2) is 18.3 Å². The third-order valence-corrected chi connectivity index (χ3v) is 2.35. The SMILES string of the molecule is CCCCCOc1cc(F)cc(CCO)c1. The Morgan fingerprint density at radius 2 is 2.06 bits per heavy atom. The molecule has 0 radical (unpaired) electrons. The van der Waals surface area contributed by atoms with Crippen molar-refractivity contribution in [1.29, 1.82) is 0 Å². The molecule has 0 aliphatic rings. The van der Waals surface area contributed by atoms with E-state index >= 15 is 0 Å². The molecular weight excluding hydrogens is 207 g/mol. The number of ether oxygens (including phenoxy) is 1. The van der Waals surface area contributed by atoms with Gasteiger partial charge in [-0.3, -0.25) is 0 Å². The minimum atomic E-state index is -0.309. The molecule has 1 aromatic carbocycles. The molecule has 2 nitrogen and oxygen atoms in total. The van der Waals surface area contributed by atoms with Gasteiger partial charge in [-0.25, -0.2) is 4.39 Å². The molecule has 0 aliphatic heterocycles. The van der Waals surface area contributed by atoms with Crippen LogP contribution in [0.3, 0.4) is 0 Å². The average molecular weight is 226 g/mol. The van der Waals surface area contributed by atoms with Gasteiger partial charge >= 0.3 is 0 Å². The van der Waals surface area contributed by atoms with Gasteiger partial charge in [0.15, 0.2) is 0 Å². The van der Waals surface area contributed by atoms with Crippen LogP contribution in [0.1, 0.15) is 31.7 Å². The fraction of sp³-hybridized carbons (Fsp3) is 0.538. The Bertz CT molecular complexity index is 313. The Morgan fingerprint density at radius 3 is 2.75 bits per heavy atom. The summed E-state index contributed by atoms with van der Waals surface area (Å²) in [5.41, 5.74) is 0.771. The number of hydrogen-bond acceptors (Lipinski definition) is 2. The minimum absolute atomic E-state index is 0.0265. The fourth-order valence-electron chi connectivity index (χ4n) is 1.52. The monoisotopic (exact) mass is 226 g/mol. The van der Waals surface area contributed by atoms with E-state index in [1.807, 2.05) is 0 Å². The normalized spacial score (nSPS) is 10.4. The van der Waals surface area contributed by atoms with E-state index in [1.54, 1.807) is 6.07 Å². The molecule has 0 aromatic heterocycles. The van der Waals surface area contributed by atoms with Crippen LogP contribution >= 0.6 is 0 Å². The van der Waals surface area contributed by atoms with Crippen molar-refractivity contribution in [2.45, 2.75) is 32.6 Å². The van der Waals surface area contributed by atoms with E-state index < -0.39 is 0 Å². The highest BCUT2D eigenvalue weighted by Crippen LogP contribution is 2.17. The van der Waals surface area contributed by atoms with Gasteiger partial charge in [0.25, 0.3) is 0 Å².